The highest BCUT2D eigenvalue weighted by Crippen LogP contribution is 2.34. The zero-order valence-electron chi connectivity index (χ0n) is 13.5. The number of likely N-dealkylation sites (tertiary alicyclic amines) is 1. The molecule has 3 heterocycles. The van der Waals surface area contributed by atoms with Crippen LogP contribution in [0.1, 0.15) is 16.8 Å². The van der Waals surface area contributed by atoms with E-state index in [1.807, 2.05) is 24.3 Å². The Balaban J connectivity index is 1.45. The van der Waals surface area contributed by atoms with Crippen molar-refractivity contribution in [2.75, 3.05) is 26.3 Å². The monoisotopic (exact) mass is 404 g/mol. The van der Waals surface area contributed by atoms with E-state index in [4.69, 9.17) is 14.2 Å². The minimum Gasteiger partial charge on any atom is -0.486 e. The van der Waals surface area contributed by atoms with Crippen LogP contribution < -0.4 is 14.2 Å². The van der Waals surface area contributed by atoms with E-state index in [-0.39, 0.29) is 12.0 Å². The van der Waals surface area contributed by atoms with Gasteiger partial charge in [-0.25, -0.2) is 4.98 Å². The van der Waals surface area contributed by atoms with Crippen LogP contribution in [0.3, 0.4) is 0 Å². The highest BCUT2D eigenvalue weighted by molar-refractivity contribution is 9.10. The molecule has 1 amide bonds. The predicted octanol–water partition coefficient (Wildman–Crippen LogP) is 2.91. The first-order valence-corrected chi connectivity index (χ1v) is 8.96. The Bertz CT molecular complexity index is 781. The van der Waals surface area contributed by atoms with Gasteiger partial charge in [0.2, 0.25) is 5.88 Å². The van der Waals surface area contributed by atoms with Crippen molar-refractivity contribution in [2.45, 2.75) is 12.5 Å². The minimum atomic E-state index is -0.0608. The summed E-state index contributed by atoms with van der Waals surface area (Å²) in [4.78, 5) is 18.9. The van der Waals surface area contributed by atoms with Gasteiger partial charge in [-0.3, -0.25) is 4.79 Å². The second kappa shape index (κ2) is 6.92. The topological polar surface area (TPSA) is 60.9 Å². The van der Waals surface area contributed by atoms with Gasteiger partial charge in [-0.05, 0) is 34.1 Å². The maximum atomic E-state index is 12.9. The van der Waals surface area contributed by atoms with E-state index in [0.717, 1.165) is 10.9 Å². The SMILES string of the molecule is O=C(c1cccc2c1OCCO2)N1CCC(Oc2ccc(Br)cn2)C1. The van der Waals surface area contributed by atoms with Crippen molar-refractivity contribution >= 4 is 21.8 Å². The van der Waals surface area contributed by atoms with Crippen LogP contribution in [0.4, 0.5) is 0 Å². The number of rotatable bonds is 3. The molecule has 1 saturated heterocycles. The van der Waals surface area contributed by atoms with Gasteiger partial charge in [0, 0.05) is 29.7 Å². The van der Waals surface area contributed by atoms with Gasteiger partial charge in [0.25, 0.3) is 5.91 Å². The van der Waals surface area contributed by atoms with Gasteiger partial charge in [-0.15, -0.1) is 0 Å². The fourth-order valence-electron chi connectivity index (χ4n) is 3.02. The molecular formula is C18H17BrN2O4. The Labute approximate surface area is 153 Å². The van der Waals surface area contributed by atoms with Crippen LogP contribution in [0.15, 0.2) is 41.0 Å². The first-order valence-electron chi connectivity index (χ1n) is 8.17. The number of nitrogens with zero attached hydrogens (tertiary/aromatic N) is 2. The summed E-state index contributed by atoms with van der Waals surface area (Å²) < 4.78 is 18.0. The average Bonchev–Trinajstić information content (AvgIpc) is 3.11. The number of carbonyl (C=O) groups is 1. The summed E-state index contributed by atoms with van der Waals surface area (Å²) in [6.45, 7) is 2.13. The van der Waals surface area contributed by atoms with Crippen molar-refractivity contribution in [1.29, 1.82) is 0 Å². The number of benzene rings is 1. The summed E-state index contributed by atoms with van der Waals surface area (Å²) in [5.41, 5.74) is 0.541. The third-order valence-corrected chi connectivity index (χ3v) is 4.69. The Hall–Kier alpha value is -2.28. The van der Waals surface area contributed by atoms with Crippen molar-refractivity contribution in [3.63, 3.8) is 0 Å². The predicted molar refractivity (Wildman–Crippen MR) is 94.3 cm³/mol. The molecule has 130 valence electrons. The second-order valence-electron chi connectivity index (χ2n) is 5.92. The van der Waals surface area contributed by atoms with E-state index in [1.165, 1.54) is 0 Å². The highest BCUT2D eigenvalue weighted by Gasteiger charge is 2.31. The van der Waals surface area contributed by atoms with Crippen LogP contribution in [0.2, 0.25) is 0 Å². The molecule has 2 aliphatic heterocycles. The molecule has 1 atom stereocenters. The molecule has 6 nitrogen and oxygen atoms in total. The van der Waals surface area contributed by atoms with E-state index in [0.29, 0.717) is 49.2 Å². The normalized spacial score (nSPS) is 18.9. The van der Waals surface area contributed by atoms with Crippen LogP contribution >= 0.6 is 15.9 Å². The Morgan fingerprint density at radius 3 is 2.96 bits per heavy atom. The van der Waals surface area contributed by atoms with Crippen LogP contribution in [-0.4, -0.2) is 48.2 Å². The van der Waals surface area contributed by atoms with E-state index >= 15 is 0 Å². The first-order chi connectivity index (χ1) is 12.2. The molecule has 0 aliphatic carbocycles. The van der Waals surface area contributed by atoms with Gasteiger partial charge < -0.3 is 19.1 Å². The molecular weight excluding hydrogens is 388 g/mol. The average molecular weight is 405 g/mol. The molecule has 0 radical (unpaired) electrons. The maximum absolute atomic E-state index is 12.9. The molecule has 2 aliphatic rings. The van der Waals surface area contributed by atoms with Gasteiger partial charge >= 0.3 is 0 Å². The number of ether oxygens (including phenoxy) is 3. The van der Waals surface area contributed by atoms with E-state index < -0.39 is 0 Å². The maximum Gasteiger partial charge on any atom is 0.257 e. The fraction of sp³-hybridized carbons (Fsp3) is 0.333. The van der Waals surface area contributed by atoms with Gasteiger partial charge in [0.1, 0.15) is 19.3 Å². The van der Waals surface area contributed by atoms with E-state index in [9.17, 15) is 4.79 Å². The molecule has 1 aromatic heterocycles. The summed E-state index contributed by atoms with van der Waals surface area (Å²) in [6.07, 6.45) is 2.41. The number of hydrogen-bond donors (Lipinski definition) is 0. The zero-order chi connectivity index (χ0) is 17.2. The molecule has 0 N–H and O–H groups in total. The molecule has 1 fully saturated rings. The molecule has 0 saturated carbocycles. The smallest absolute Gasteiger partial charge is 0.257 e. The Morgan fingerprint density at radius 1 is 1.24 bits per heavy atom. The number of amides is 1. The van der Waals surface area contributed by atoms with Gasteiger partial charge in [0.15, 0.2) is 11.5 Å². The van der Waals surface area contributed by atoms with Gasteiger partial charge in [-0.2, -0.15) is 0 Å². The zero-order valence-corrected chi connectivity index (χ0v) is 15.1. The number of carbonyl (C=O) groups excluding carboxylic acids is 1. The lowest BCUT2D eigenvalue weighted by atomic mass is 10.1. The molecule has 1 aromatic carbocycles. The van der Waals surface area contributed by atoms with E-state index in [1.54, 1.807) is 17.2 Å². The summed E-state index contributed by atoms with van der Waals surface area (Å²) in [6, 6.07) is 9.11. The third-order valence-electron chi connectivity index (χ3n) is 4.22. The molecule has 2 aromatic rings. The van der Waals surface area contributed by atoms with Crippen LogP contribution in [0.25, 0.3) is 0 Å². The van der Waals surface area contributed by atoms with Gasteiger partial charge in [0.05, 0.1) is 12.1 Å². The number of pyridine rings is 1. The van der Waals surface area contributed by atoms with Crippen molar-refractivity contribution in [1.82, 2.24) is 9.88 Å². The Morgan fingerprint density at radius 2 is 2.12 bits per heavy atom. The number of para-hydroxylation sites is 1. The molecule has 1 unspecified atom stereocenters. The molecule has 25 heavy (non-hydrogen) atoms. The van der Waals surface area contributed by atoms with Crippen molar-refractivity contribution in [3.05, 3.63) is 46.6 Å². The number of fused-ring (bicyclic) bond motifs is 1. The number of hydrogen-bond acceptors (Lipinski definition) is 5. The quantitative estimate of drug-likeness (QED) is 0.786. The highest BCUT2D eigenvalue weighted by atomic mass is 79.9. The van der Waals surface area contributed by atoms with Crippen molar-refractivity contribution < 1.29 is 19.0 Å². The molecule has 7 heteroatoms. The molecule has 0 spiro atoms. The van der Waals surface area contributed by atoms with Crippen molar-refractivity contribution in [3.8, 4) is 17.4 Å². The lowest BCUT2D eigenvalue weighted by Gasteiger charge is -2.23. The lowest BCUT2D eigenvalue weighted by molar-refractivity contribution is 0.0760. The van der Waals surface area contributed by atoms with Crippen LogP contribution in [-0.2, 0) is 0 Å². The largest absolute Gasteiger partial charge is 0.486 e. The number of halogens is 1. The standard InChI is InChI=1S/C18H17BrN2O4/c19-12-4-5-16(20-10-12)25-13-6-7-21(11-13)18(22)14-2-1-3-15-17(14)24-9-8-23-15/h1-5,10,13H,6-9,11H2. The third kappa shape index (κ3) is 3.42. The first kappa shape index (κ1) is 16.2. The van der Waals surface area contributed by atoms with Crippen LogP contribution in [0.5, 0.6) is 17.4 Å². The van der Waals surface area contributed by atoms with E-state index in [2.05, 4.69) is 20.9 Å². The fourth-order valence-corrected chi connectivity index (χ4v) is 3.26. The summed E-state index contributed by atoms with van der Waals surface area (Å²) >= 11 is 3.35. The summed E-state index contributed by atoms with van der Waals surface area (Å²) in [5, 5.41) is 0. The summed E-state index contributed by atoms with van der Waals surface area (Å²) in [5.74, 6) is 1.68. The Kier molecular flexibility index (Phi) is 4.48. The second-order valence-corrected chi connectivity index (χ2v) is 6.84. The molecule has 0 bridgehead atoms. The number of aromatic nitrogens is 1. The van der Waals surface area contributed by atoms with Crippen LogP contribution in [0, 0.1) is 0 Å². The van der Waals surface area contributed by atoms with Gasteiger partial charge in [-0.1, -0.05) is 6.07 Å². The molecule has 4 rings (SSSR count). The van der Waals surface area contributed by atoms with Crippen molar-refractivity contribution in [2.24, 2.45) is 0 Å². The summed E-state index contributed by atoms with van der Waals surface area (Å²) in [7, 11) is 0. The lowest BCUT2D eigenvalue weighted by Crippen LogP contribution is -2.32. The minimum absolute atomic E-state index is 0.0581.